The van der Waals surface area contributed by atoms with Crippen molar-refractivity contribution in [2.75, 3.05) is 10.0 Å². The zero-order chi connectivity index (χ0) is 19.6. The molecule has 0 spiro atoms. The fraction of sp³-hybridized carbons (Fsp3) is 0.235. The van der Waals surface area contributed by atoms with E-state index in [1.165, 1.54) is 29.7 Å². The van der Waals surface area contributed by atoms with Crippen LogP contribution in [0.3, 0.4) is 0 Å². The molecule has 1 aromatic carbocycles. The number of nitrogens with zero attached hydrogens (tertiary/aromatic N) is 3. The van der Waals surface area contributed by atoms with Gasteiger partial charge in [0.05, 0.1) is 16.2 Å². The second-order valence-corrected chi connectivity index (χ2v) is 8.36. The van der Waals surface area contributed by atoms with Crippen molar-refractivity contribution in [1.82, 2.24) is 14.8 Å². The van der Waals surface area contributed by atoms with Gasteiger partial charge in [-0.05, 0) is 45.0 Å². The molecule has 3 aromatic rings. The molecule has 27 heavy (non-hydrogen) atoms. The van der Waals surface area contributed by atoms with E-state index in [2.05, 4.69) is 20.1 Å². The summed E-state index contributed by atoms with van der Waals surface area (Å²) in [6, 6.07) is 5.95. The highest BCUT2D eigenvalue weighted by molar-refractivity contribution is 7.93. The van der Waals surface area contributed by atoms with Crippen molar-refractivity contribution in [1.29, 1.82) is 0 Å². The molecule has 0 saturated heterocycles. The van der Waals surface area contributed by atoms with Crippen LogP contribution in [0.4, 0.5) is 10.8 Å². The number of aromatic nitrogens is 3. The SMILES string of the molecule is CCn1nc(C)c(C(=O)Nc2ccc(S(=O)(=O)Nc3nccs3)cc2)c1C. The standard InChI is InChI=1S/C17H19N5O3S2/c1-4-22-12(3)15(11(2)20-22)16(23)19-13-5-7-14(8-6-13)27(24,25)21-17-18-9-10-26-17/h5-10H,4H2,1-3H3,(H,18,21)(H,19,23). The zero-order valence-corrected chi connectivity index (χ0v) is 16.7. The zero-order valence-electron chi connectivity index (χ0n) is 15.1. The normalized spacial score (nSPS) is 11.4. The fourth-order valence-corrected chi connectivity index (χ4v) is 4.48. The number of rotatable bonds is 6. The third-order valence-electron chi connectivity index (χ3n) is 3.98. The number of benzene rings is 1. The molecular weight excluding hydrogens is 386 g/mol. The molecule has 0 bridgehead atoms. The average Bonchev–Trinajstić information content (AvgIpc) is 3.22. The van der Waals surface area contributed by atoms with Crippen molar-refractivity contribution in [3.8, 4) is 0 Å². The van der Waals surface area contributed by atoms with Gasteiger partial charge in [-0.25, -0.2) is 13.4 Å². The first-order valence-corrected chi connectivity index (χ1v) is 10.6. The maximum Gasteiger partial charge on any atom is 0.263 e. The van der Waals surface area contributed by atoms with Crippen LogP contribution in [-0.2, 0) is 16.6 Å². The number of sulfonamides is 1. The molecule has 1 amide bonds. The summed E-state index contributed by atoms with van der Waals surface area (Å²) in [5.41, 5.74) is 2.47. The molecule has 0 aliphatic heterocycles. The van der Waals surface area contributed by atoms with Crippen molar-refractivity contribution >= 4 is 38.1 Å². The minimum Gasteiger partial charge on any atom is -0.322 e. The Morgan fingerprint density at radius 2 is 1.93 bits per heavy atom. The van der Waals surface area contributed by atoms with Gasteiger partial charge in [-0.15, -0.1) is 11.3 Å². The molecule has 2 aromatic heterocycles. The van der Waals surface area contributed by atoms with Gasteiger partial charge in [-0.1, -0.05) is 0 Å². The first-order chi connectivity index (χ1) is 12.8. The van der Waals surface area contributed by atoms with Crippen LogP contribution in [0.5, 0.6) is 0 Å². The molecule has 0 saturated carbocycles. The number of hydrogen-bond donors (Lipinski definition) is 2. The van der Waals surface area contributed by atoms with Crippen molar-refractivity contribution in [3.05, 3.63) is 52.8 Å². The third-order valence-corrected chi connectivity index (χ3v) is 6.16. The monoisotopic (exact) mass is 405 g/mol. The van der Waals surface area contributed by atoms with Gasteiger partial charge in [0, 0.05) is 29.5 Å². The molecule has 2 N–H and O–H groups in total. The van der Waals surface area contributed by atoms with Crippen LogP contribution in [0.2, 0.25) is 0 Å². The van der Waals surface area contributed by atoms with Crippen LogP contribution < -0.4 is 10.0 Å². The van der Waals surface area contributed by atoms with Crippen molar-refractivity contribution in [3.63, 3.8) is 0 Å². The molecule has 2 heterocycles. The lowest BCUT2D eigenvalue weighted by atomic mass is 10.2. The summed E-state index contributed by atoms with van der Waals surface area (Å²) in [6.07, 6.45) is 1.52. The number of aryl methyl sites for hydroxylation is 2. The summed E-state index contributed by atoms with van der Waals surface area (Å²) < 4.78 is 28.8. The van der Waals surface area contributed by atoms with E-state index in [9.17, 15) is 13.2 Å². The number of amides is 1. The molecule has 0 aliphatic carbocycles. The predicted molar refractivity (Wildman–Crippen MR) is 105 cm³/mol. The van der Waals surface area contributed by atoms with E-state index in [0.29, 0.717) is 28.6 Å². The van der Waals surface area contributed by atoms with E-state index in [-0.39, 0.29) is 10.8 Å². The van der Waals surface area contributed by atoms with Gasteiger partial charge in [0.15, 0.2) is 5.13 Å². The fourth-order valence-electron chi connectivity index (χ4n) is 2.69. The largest absolute Gasteiger partial charge is 0.322 e. The number of carbonyl (C=O) groups is 1. The number of nitrogens with one attached hydrogen (secondary N) is 2. The Kier molecular flexibility index (Phi) is 5.29. The molecule has 3 rings (SSSR count). The van der Waals surface area contributed by atoms with Gasteiger partial charge in [0.25, 0.3) is 15.9 Å². The molecular formula is C17H19N5O3S2. The molecule has 0 fully saturated rings. The maximum atomic E-state index is 12.6. The summed E-state index contributed by atoms with van der Waals surface area (Å²) in [4.78, 5) is 16.6. The van der Waals surface area contributed by atoms with Crippen molar-refractivity contribution in [2.45, 2.75) is 32.2 Å². The van der Waals surface area contributed by atoms with Crippen LogP contribution >= 0.6 is 11.3 Å². The summed E-state index contributed by atoms with van der Waals surface area (Å²) in [5.74, 6) is -0.277. The molecule has 0 atom stereocenters. The van der Waals surface area contributed by atoms with E-state index in [0.717, 1.165) is 5.69 Å². The Labute approximate surface area is 161 Å². The Morgan fingerprint density at radius 1 is 1.22 bits per heavy atom. The van der Waals surface area contributed by atoms with E-state index in [1.807, 2.05) is 13.8 Å². The predicted octanol–water partition coefficient (Wildman–Crippen LogP) is 3.03. The Hall–Kier alpha value is -2.72. The summed E-state index contributed by atoms with van der Waals surface area (Å²) in [5, 5.41) is 9.10. The van der Waals surface area contributed by atoms with Crippen molar-refractivity contribution < 1.29 is 13.2 Å². The number of hydrogen-bond acceptors (Lipinski definition) is 6. The average molecular weight is 406 g/mol. The highest BCUT2D eigenvalue weighted by Crippen LogP contribution is 2.21. The Bertz CT molecular complexity index is 1050. The van der Waals surface area contributed by atoms with E-state index < -0.39 is 10.0 Å². The van der Waals surface area contributed by atoms with Gasteiger partial charge in [0.1, 0.15) is 0 Å². The second-order valence-electron chi connectivity index (χ2n) is 5.78. The van der Waals surface area contributed by atoms with Crippen LogP contribution in [0, 0.1) is 13.8 Å². The summed E-state index contributed by atoms with van der Waals surface area (Å²) in [6.45, 7) is 6.27. The molecule has 142 valence electrons. The molecule has 10 heteroatoms. The molecule has 0 radical (unpaired) electrons. The van der Waals surface area contributed by atoms with E-state index in [4.69, 9.17) is 0 Å². The first kappa shape index (κ1) is 19.1. The van der Waals surface area contributed by atoms with Gasteiger partial charge >= 0.3 is 0 Å². The lowest BCUT2D eigenvalue weighted by molar-refractivity contribution is 0.102. The molecule has 0 aliphatic rings. The lowest BCUT2D eigenvalue weighted by Gasteiger charge is -2.08. The maximum absolute atomic E-state index is 12.6. The van der Waals surface area contributed by atoms with E-state index >= 15 is 0 Å². The minimum absolute atomic E-state index is 0.0851. The van der Waals surface area contributed by atoms with Crippen LogP contribution in [0.1, 0.15) is 28.7 Å². The first-order valence-electron chi connectivity index (χ1n) is 8.19. The van der Waals surface area contributed by atoms with E-state index in [1.54, 1.807) is 29.1 Å². The summed E-state index contributed by atoms with van der Waals surface area (Å²) >= 11 is 1.19. The van der Waals surface area contributed by atoms with Crippen LogP contribution in [0.15, 0.2) is 40.7 Å². The third kappa shape index (κ3) is 4.01. The molecule has 0 unspecified atom stereocenters. The smallest absolute Gasteiger partial charge is 0.263 e. The second kappa shape index (κ2) is 7.49. The lowest BCUT2D eigenvalue weighted by Crippen LogP contribution is -2.15. The number of anilines is 2. The number of thiazole rings is 1. The topological polar surface area (TPSA) is 106 Å². The summed E-state index contributed by atoms with van der Waals surface area (Å²) in [7, 11) is -3.72. The van der Waals surface area contributed by atoms with Gasteiger partial charge in [-0.3, -0.25) is 14.2 Å². The van der Waals surface area contributed by atoms with Crippen LogP contribution in [-0.4, -0.2) is 29.1 Å². The Balaban J connectivity index is 1.76. The van der Waals surface area contributed by atoms with Gasteiger partial charge < -0.3 is 5.32 Å². The highest BCUT2D eigenvalue weighted by atomic mass is 32.2. The van der Waals surface area contributed by atoms with Gasteiger partial charge in [0.2, 0.25) is 0 Å². The van der Waals surface area contributed by atoms with Gasteiger partial charge in [-0.2, -0.15) is 5.10 Å². The number of carbonyl (C=O) groups excluding carboxylic acids is 1. The Morgan fingerprint density at radius 3 is 2.48 bits per heavy atom. The minimum atomic E-state index is -3.72. The molecule has 8 nitrogen and oxygen atoms in total. The quantitative estimate of drug-likeness (QED) is 0.656. The highest BCUT2D eigenvalue weighted by Gasteiger charge is 2.19. The van der Waals surface area contributed by atoms with Crippen molar-refractivity contribution in [2.24, 2.45) is 0 Å². The van der Waals surface area contributed by atoms with Crippen LogP contribution in [0.25, 0.3) is 0 Å².